The normalized spacial score (nSPS) is 11.7. The van der Waals surface area contributed by atoms with Crippen molar-refractivity contribution in [3.63, 3.8) is 0 Å². The lowest BCUT2D eigenvalue weighted by Gasteiger charge is -2.15. The van der Waals surface area contributed by atoms with Crippen molar-refractivity contribution in [1.82, 2.24) is 9.97 Å². The van der Waals surface area contributed by atoms with Gasteiger partial charge < -0.3 is 15.0 Å². The summed E-state index contributed by atoms with van der Waals surface area (Å²) >= 11 is 5.92. The number of anilines is 1. The quantitative estimate of drug-likeness (QED) is 0.701. The molecule has 7 heteroatoms. The first-order chi connectivity index (χ1) is 12.9. The van der Waals surface area contributed by atoms with Crippen molar-refractivity contribution in [3.05, 3.63) is 75.7 Å². The molecule has 3 aromatic rings. The highest BCUT2D eigenvalue weighted by atomic mass is 35.5. The van der Waals surface area contributed by atoms with Gasteiger partial charge in [0.1, 0.15) is 11.6 Å². The van der Waals surface area contributed by atoms with Crippen LogP contribution in [0.15, 0.2) is 59.4 Å². The summed E-state index contributed by atoms with van der Waals surface area (Å²) in [6.45, 7) is 3.40. The molecule has 0 unspecified atom stereocenters. The van der Waals surface area contributed by atoms with Gasteiger partial charge in [0.15, 0.2) is 6.10 Å². The molecule has 27 heavy (non-hydrogen) atoms. The van der Waals surface area contributed by atoms with E-state index in [1.54, 1.807) is 62.4 Å². The Balaban J connectivity index is 1.73. The van der Waals surface area contributed by atoms with Gasteiger partial charge in [0.2, 0.25) is 0 Å². The predicted octanol–water partition coefficient (Wildman–Crippen LogP) is 3.80. The van der Waals surface area contributed by atoms with Crippen LogP contribution in [0.1, 0.15) is 12.6 Å². The molecule has 1 aromatic heterocycles. The van der Waals surface area contributed by atoms with Crippen LogP contribution in [-0.2, 0) is 4.79 Å². The fourth-order valence-corrected chi connectivity index (χ4v) is 2.68. The molecule has 2 aromatic carbocycles. The third-order valence-corrected chi connectivity index (χ3v) is 3.99. The van der Waals surface area contributed by atoms with Crippen LogP contribution in [0.4, 0.5) is 5.69 Å². The molecule has 138 valence electrons. The first kappa shape index (κ1) is 18.7. The van der Waals surface area contributed by atoms with Gasteiger partial charge >= 0.3 is 0 Å². The number of nitrogens with one attached hydrogen (secondary N) is 2. The number of ether oxygens (including phenoxy) is 1. The number of carbonyl (C=O) groups is 1. The van der Waals surface area contributed by atoms with Crippen LogP contribution in [0.2, 0.25) is 5.02 Å². The number of nitrogens with zero attached hydrogens (tertiary/aromatic N) is 1. The molecule has 0 fully saturated rings. The maximum Gasteiger partial charge on any atom is 0.265 e. The number of hydrogen-bond acceptors (Lipinski definition) is 4. The van der Waals surface area contributed by atoms with Crippen LogP contribution in [0.3, 0.4) is 0 Å². The lowest BCUT2D eigenvalue weighted by molar-refractivity contribution is -0.122. The lowest BCUT2D eigenvalue weighted by Crippen LogP contribution is -2.30. The molecule has 3 rings (SSSR count). The van der Waals surface area contributed by atoms with E-state index in [0.717, 1.165) is 0 Å². The van der Waals surface area contributed by atoms with Gasteiger partial charge in [-0.3, -0.25) is 9.59 Å². The van der Waals surface area contributed by atoms with Crippen molar-refractivity contribution in [2.24, 2.45) is 0 Å². The minimum atomic E-state index is -0.718. The first-order valence-electron chi connectivity index (χ1n) is 8.32. The number of aryl methyl sites for hydroxylation is 1. The Hall–Kier alpha value is -3.12. The molecule has 0 aliphatic rings. The van der Waals surface area contributed by atoms with Crippen molar-refractivity contribution in [1.29, 1.82) is 0 Å². The molecule has 0 aliphatic heterocycles. The number of aromatic nitrogens is 2. The summed E-state index contributed by atoms with van der Waals surface area (Å²) in [4.78, 5) is 31.1. The minimum absolute atomic E-state index is 0.226. The number of carbonyl (C=O) groups excluding carboxylic acids is 1. The molecule has 0 radical (unpaired) electrons. The van der Waals surface area contributed by atoms with Crippen LogP contribution in [0.5, 0.6) is 5.75 Å². The SMILES string of the molecule is Cc1cc(=O)[nH]c(-c2cccc(NC(=O)[C@@H](C)Oc3cccc(Cl)c3)c2)n1. The summed E-state index contributed by atoms with van der Waals surface area (Å²) in [5, 5.41) is 3.33. The molecule has 1 amide bonds. The first-order valence-corrected chi connectivity index (χ1v) is 8.70. The van der Waals surface area contributed by atoms with Gasteiger partial charge in [-0.1, -0.05) is 29.8 Å². The van der Waals surface area contributed by atoms with E-state index in [2.05, 4.69) is 15.3 Å². The van der Waals surface area contributed by atoms with E-state index in [9.17, 15) is 9.59 Å². The summed E-state index contributed by atoms with van der Waals surface area (Å²) < 4.78 is 5.62. The molecule has 0 spiro atoms. The molecule has 2 N–H and O–H groups in total. The van der Waals surface area contributed by atoms with E-state index in [0.29, 0.717) is 33.5 Å². The summed E-state index contributed by atoms with van der Waals surface area (Å²) in [5.41, 5.74) is 1.66. The maximum absolute atomic E-state index is 12.4. The molecule has 0 saturated carbocycles. The van der Waals surface area contributed by atoms with Crippen LogP contribution in [0.25, 0.3) is 11.4 Å². The second kappa shape index (κ2) is 8.05. The predicted molar refractivity (Wildman–Crippen MR) is 105 cm³/mol. The zero-order chi connectivity index (χ0) is 19.4. The van der Waals surface area contributed by atoms with Crippen LogP contribution >= 0.6 is 11.6 Å². The summed E-state index contributed by atoms with van der Waals surface area (Å²) in [6, 6.07) is 15.3. The van der Waals surface area contributed by atoms with Crippen molar-refractivity contribution < 1.29 is 9.53 Å². The van der Waals surface area contributed by atoms with Crippen molar-refractivity contribution in [3.8, 4) is 17.1 Å². The smallest absolute Gasteiger partial charge is 0.265 e. The number of benzene rings is 2. The molecule has 0 saturated heterocycles. The largest absolute Gasteiger partial charge is 0.481 e. The van der Waals surface area contributed by atoms with E-state index in [1.165, 1.54) is 6.07 Å². The van der Waals surface area contributed by atoms with Gasteiger partial charge in [0, 0.05) is 28.0 Å². The Morgan fingerprint density at radius 2 is 1.96 bits per heavy atom. The molecule has 1 atom stereocenters. The van der Waals surface area contributed by atoms with Crippen LogP contribution < -0.4 is 15.6 Å². The van der Waals surface area contributed by atoms with Gasteiger partial charge in [0.05, 0.1) is 0 Å². The number of aromatic amines is 1. The van der Waals surface area contributed by atoms with Crippen molar-refractivity contribution >= 4 is 23.2 Å². The van der Waals surface area contributed by atoms with Crippen LogP contribution in [-0.4, -0.2) is 22.0 Å². The van der Waals surface area contributed by atoms with Gasteiger partial charge in [-0.05, 0) is 44.2 Å². The fraction of sp³-hybridized carbons (Fsp3) is 0.150. The zero-order valence-electron chi connectivity index (χ0n) is 14.8. The van der Waals surface area contributed by atoms with E-state index in [-0.39, 0.29) is 11.5 Å². The number of halogens is 1. The highest BCUT2D eigenvalue weighted by Gasteiger charge is 2.15. The average Bonchev–Trinajstić information content (AvgIpc) is 2.61. The average molecular weight is 384 g/mol. The second-order valence-electron chi connectivity index (χ2n) is 6.02. The monoisotopic (exact) mass is 383 g/mol. The Bertz CT molecular complexity index is 1030. The minimum Gasteiger partial charge on any atom is -0.481 e. The Kier molecular flexibility index (Phi) is 5.57. The summed E-state index contributed by atoms with van der Waals surface area (Å²) in [5.74, 6) is 0.651. The second-order valence-corrected chi connectivity index (χ2v) is 6.46. The van der Waals surface area contributed by atoms with E-state index >= 15 is 0 Å². The van der Waals surface area contributed by atoms with Crippen molar-refractivity contribution in [2.75, 3.05) is 5.32 Å². The van der Waals surface area contributed by atoms with E-state index < -0.39 is 6.10 Å². The number of hydrogen-bond donors (Lipinski definition) is 2. The van der Waals surface area contributed by atoms with E-state index in [1.807, 2.05) is 0 Å². The molecule has 6 nitrogen and oxygen atoms in total. The molecular formula is C20H18ClN3O3. The third-order valence-electron chi connectivity index (χ3n) is 3.75. The standard InChI is InChI=1S/C20H18ClN3O3/c1-12-9-18(25)24-19(22-12)14-5-3-7-16(10-14)23-20(26)13(2)27-17-8-4-6-15(21)11-17/h3-11,13H,1-2H3,(H,23,26)(H,22,24,25)/t13-/m1/s1. The van der Waals surface area contributed by atoms with Gasteiger partial charge in [-0.25, -0.2) is 4.98 Å². The zero-order valence-corrected chi connectivity index (χ0v) is 15.6. The van der Waals surface area contributed by atoms with Gasteiger partial charge in [0.25, 0.3) is 11.5 Å². The number of rotatable bonds is 5. The summed E-state index contributed by atoms with van der Waals surface area (Å²) in [6.07, 6.45) is -0.718. The van der Waals surface area contributed by atoms with Gasteiger partial charge in [-0.15, -0.1) is 0 Å². The molecule has 1 heterocycles. The number of H-pyrrole nitrogens is 1. The topological polar surface area (TPSA) is 84.1 Å². The number of amides is 1. The lowest BCUT2D eigenvalue weighted by atomic mass is 10.1. The van der Waals surface area contributed by atoms with Crippen LogP contribution in [0, 0.1) is 6.92 Å². The third kappa shape index (κ3) is 4.95. The highest BCUT2D eigenvalue weighted by molar-refractivity contribution is 6.30. The van der Waals surface area contributed by atoms with E-state index in [4.69, 9.17) is 16.3 Å². The molecule has 0 aliphatic carbocycles. The maximum atomic E-state index is 12.4. The van der Waals surface area contributed by atoms with Crippen molar-refractivity contribution in [2.45, 2.75) is 20.0 Å². The summed E-state index contributed by atoms with van der Waals surface area (Å²) in [7, 11) is 0. The molecule has 0 bridgehead atoms. The Morgan fingerprint density at radius 1 is 1.19 bits per heavy atom. The fourth-order valence-electron chi connectivity index (χ4n) is 2.50. The Labute approximate surface area is 161 Å². The highest BCUT2D eigenvalue weighted by Crippen LogP contribution is 2.21. The Morgan fingerprint density at radius 3 is 2.70 bits per heavy atom. The van der Waals surface area contributed by atoms with Gasteiger partial charge in [-0.2, -0.15) is 0 Å². The molecular weight excluding hydrogens is 366 g/mol.